The molecule has 0 aliphatic heterocycles. The molecular formula is C14H13F2IN2O. The number of alkyl halides is 2. The van der Waals surface area contributed by atoms with Crippen molar-refractivity contribution in [3.05, 3.63) is 49.4 Å². The summed E-state index contributed by atoms with van der Waals surface area (Å²) in [4.78, 5) is 19.0. The minimum absolute atomic E-state index is 0.0459. The number of H-pyrrole nitrogens is 1. The summed E-state index contributed by atoms with van der Waals surface area (Å²) in [5.41, 5.74) is 1.12. The molecule has 6 heteroatoms. The van der Waals surface area contributed by atoms with E-state index < -0.39 is 6.43 Å². The molecule has 0 amide bonds. The van der Waals surface area contributed by atoms with Gasteiger partial charge in [0.05, 0.1) is 9.26 Å². The Balaban J connectivity index is 2.44. The Hall–Kier alpha value is -1.31. The fraction of sp³-hybridized carbons (Fsp3) is 0.286. The maximum absolute atomic E-state index is 12.5. The largest absolute Gasteiger partial charge is 0.306 e. The molecule has 20 heavy (non-hydrogen) atoms. The summed E-state index contributed by atoms with van der Waals surface area (Å²) < 4.78 is 25.6. The van der Waals surface area contributed by atoms with Crippen LogP contribution in [-0.2, 0) is 6.42 Å². The van der Waals surface area contributed by atoms with Crippen LogP contribution in [0.2, 0.25) is 0 Å². The number of aryl methyl sites for hydroxylation is 1. The van der Waals surface area contributed by atoms with Crippen LogP contribution in [0.5, 0.6) is 0 Å². The number of aromatic nitrogens is 2. The van der Waals surface area contributed by atoms with E-state index in [0.29, 0.717) is 21.4 Å². The van der Waals surface area contributed by atoms with Gasteiger partial charge in [0.15, 0.2) is 0 Å². The van der Waals surface area contributed by atoms with Crippen LogP contribution >= 0.6 is 22.6 Å². The number of halogens is 3. The zero-order valence-corrected chi connectivity index (χ0v) is 12.9. The van der Waals surface area contributed by atoms with Crippen LogP contribution < -0.4 is 5.56 Å². The van der Waals surface area contributed by atoms with Gasteiger partial charge < -0.3 is 4.98 Å². The molecule has 3 nitrogen and oxygen atoms in total. The Kier molecular flexibility index (Phi) is 4.85. The Labute approximate surface area is 128 Å². The number of aromatic amines is 1. The second-order valence-electron chi connectivity index (χ2n) is 4.35. The van der Waals surface area contributed by atoms with Gasteiger partial charge in [-0.3, -0.25) is 4.79 Å². The van der Waals surface area contributed by atoms with Crippen LogP contribution in [-0.4, -0.2) is 9.97 Å². The molecule has 106 valence electrons. The highest BCUT2D eigenvalue weighted by molar-refractivity contribution is 14.1. The van der Waals surface area contributed by atoms with E-state index in [1.165, 1.54) is 12.1 Å². The van der Waals surface area contributed by atoms with Crippen LogP contribution in [0.4, 0.5) is 8.78 Å². The van der Waals surface area contributed by atoms with Gasteiger partial charge in [-0.05, 0) is 29.0 Å². The van der Waals surface area contributed by atoms with Gasteiger partial charge in [-0.1, -0.05) is 37.6 Å². The lowest BCUT2D eigenvalue weighted by Crippen LogP contribution is -2.16. The lowest BCUT2D eigenvalue weighted by molar-refractivity contribution is 0.151. The standard InChI is InChI=1S/C14H13F2IN2O/c1-2-3-10-11(17)14(20)19-13(18-10)9-6-4-8(5-7-9)12(15)16/h4-7,12H,2-3H2,1H3,(H,18,19,20). The first kappa shape index (κ1) is 15.1. The third kappa shape index (κ3) is 3.23. The second-order valence-corrected chi connectivity index (χ2v) is 5.43. The minimum atomic E-state index is -2.50. The summed E-state index contributed by atoms with van der Waals surface area (Å²) in [5.74, 6) is 0.416. The molecular weight excluding hydrogens is 377 g/mol. The van der Waals surface area contributed by atoms with Gasteiger partial charge in [-0.2, -0.15) is 0 Å². The highest BCUT2D eigenvalue weighted by atomic mass is 127. The van der Waals surface area contributed by atoms with Gasteiger partial charge >= 0.3 is 0 Å². The molecule has 1 N–H and O–H groups in total. The number of hydrogen-bond acceptors (Lipinski definition) is 2. The number of rotatable bonds is 4. The molecule has 0 radical (unpaired) electrons. The zero-order valence-electron chi connectivity index (χ0n) is 10.8. The monoisotopic (exact) mass is 390 g/mol. The quantitative estimate of drug-likeness (QED) is 0.805. The molecule has 0 saturated heterocycles. The van der Waals surface area contributed by atoms with Crippen molar-refractivity contribution < 1.29 is 8.78 Å². The summed E-state index contributed by atoms with van der Waals surface area (Å²) in [6.45, 7) is 2.01. The predicted molar refractivity (Wildman–Crippen MR) is 82.0 cm³/mol. The van der Waals surface area contributed by atoms with Crippen molar-refractivity contribution in [3.8, 4) is 11.4 Å². The maximum atomic E-state index is 12.5. The summed E-state index contributed by atoms with van der Waals surface area (Å²) >= 11 is 1.97. The topological polar surface area (TPSA) is 45.8 Å². The Morgan fingerprint density at radius 1 is 1.30 bits per heavy atom. The smallest absolute Gasteiger partial charge is 0.264 e. The summed E-state index contributed by atoms with van der Waals surface area (Å²) in [5, 5.41) is 0. The highest BCUT2D eigenvalue weighted by Crippen LogP contribution is 2.22. The fourth-order valence-corrected chi connectivity index (χ4v) is 2.36. The van der Waals surface area contributed by atoms with Crippen molar-refractivity contribution >= 4 is 22.6 Å². The minimum Gasteiger partial charge on any atom is -0.306 e. The van der Waals surface area contributed by atoms with Gasteiger partial charge in [0.1, 0.15) is 5.82 Å². The molecule has 0 atom stereocenters. The SMILES string of the molecule is CCCc1nc(-c2ccc(C(F)F)cc2)[nH]c(=O)c1I. The van der Waals surface area contributed by atoms with Crippen molar-refractivity contribution in [2.24, 2.45) is 0 Å². The molecule has 2 aromatic rings. The van der Waals surface area contributed by atoms with E-state index in [4.69, 9.17) is 0 Å². The lowest BCUT2D eigenvalue weighted by atomic mass is 10.1. The Bertz CT molecular complexity index is 653. The zero-order chi connectivity index (χ0) is 14.7. The van der Waals surface area contributed by atoms with Crippen molar-refractivity contribution in [1.29, 1.82) is 0 Å². The van der Waals surface area contributed by atoms with Crippen molar-refractivity contribution in [3.63, 3.8) is 0 Å². The number of nitrogens with zero attached hydrogens (tertiary/aromatic N) is 1. The molecule has 1 aromatic heterocycles. The maximum Gasteiger partial charge on any atom is 0.264 e. The van der Waals surface area contributed by atoms with E-state index in [1.54, 1.807) is 12.1 Å². The lowest BCUT2D eigenvalue weighted by Gasteiger charge is -2.07. The number of hydrogen-bond donors (Lipinski definition) is 1. The van der Waals surface area contributed by atoms with Crippen LogP contribution in [0.1, 0.15) is 31.0 Å². The Morgan fingerprint density at radius 3 is 2.50 bits per heavy atom. The Morgan fingerprint density at radius 2 is 1.95 bits per heavy atom. The van der Waals surface area contributed by atoms with Crippen LogP contribution in [0.15, 0.2) is 29.1 Å². The average Bonchev–Trinajstić information content (AvgIpc) is 2.44. The summed E-state index contributed by atoms with van der Waals surface area (Å²) in [6, 6.07) is 5.78. The van der Waals surface area contributed by atoms with Gasteiger partial charge in [0, 0.05) is 11.1 Å². The van der Waals surface area contributed by atoms with E-state index in [-0.39, 0.29) is 11.1 Å². The molecule has 0 saturated carbocycles. The van der Waals surface area contributed by atoms with E-state index in [9.17, 15) is 13.6 Å². The third-order valence-electron chi connectivity index (χ3n) is 2.85. The number of nitrogens with one attached hydrogen (secondary N) is 1. The molecule has 2 rings (SSSR count). The van der Waals surface area contributed by atoms with Crippen molar-refractivity contribution in [1.82, 2.24) is 9.97 Å². The van der Waals surface area contributed by atoms with Gasteiger partial charge in [-0.15, -0.1) is 0 Å². The molecule has 0 aliphatic carbocycles. The van der Waals surface area contributed by atoms with E-state index in [1.807, 2.05) is 29.5 Å². The second kappa shape index (κ2) is 6.43. The van der Waals surface area contributed by atoms with Gasteiger partial charge in [0.25, 0.3) is 12.0 Å². The molecule has 0 bridgehead atoms. The molecule has 0 aliphatic rings. The van der Waals surface area contributed by atoms with Crippen LogP contribution in [0.25, 0.3) is 11.4 Å². The molecule has 1 heterocycles. The highest BCUT2D eigenvalue weighted by Gasteiger charge is 2.11. The van der Waals surface area contributed by atoms with Crippen molar-refractivity contribution in [2.45, 2.75) is 26.2 Å². The van der Waals surface area contributed by atoms with Crippen LogP contribution in [0.3, 0.4) is 0 Å². The molecule has 0 spiro atoms. The predicted octanol–water partition coefficient (Wildman–Crippen LogP) is 3.93. The van der Waals surface area contributed by atoms with Gasteiger partial charge in [0.2, 0.25) is 0 Å². The molecule has 0 fully saturated rings. The first-order chi connectivity index (χ1) is 9.52. The molecule has 1 aromatic carbocycles. The van der Waals surface area contributed by atoms with Crippen LogP contribution in [0, 0.1) is 3.57 Å². The van der Waals surface area contributed by atoms with E-state index in [0.717, 1.165) is 12.1 Å². The summed E-state index contributed by atoms with van der Waals surface area (Å²) in [6.07, 6.45) is -0.899. The van der Waals surface area contributed by atoms with E-state index >= 15 is 0 Å². The van der Waals surface area contributed by atoms with Gasteiger partial charge in [-0.25, -0.2) is 13.8 Å². The fourth-order valence-electron chi connectivity index (χ4n) is 1.83. The third-order valence-corrected chi connectivity index (χ3v) is 3.97. The van der Waals surface area contributed by atoms with E-state index in [2.05, 4.69) is 9.97 Å². The van der Waals surface area contributed by atoms with Crippen molar-refractivity contribution in [2.75, 3.05) is 0 Å². The number of benzene rings is 1. The first-order valence-electron chi connectivity index (χ1n) is 6.20. The first-order valence-corrected chi connectivity index (χ1v) is 7.28. The normalized spacial score (nSPS) is 11.1. The average molecular weight is 390 g/mol. The molecule has 0 unspecified atom stereocenters. The summed E-state index contributed by atoms with van der Waals surface area (Å²) in [7, 11) is 0.